The molecular formula is C12H17N3O3S. The number of aryl methyl sites for hydroxylation is 1. The Labute approximate surface area is 115 Å². The summed E-state index contributed by atoms with van der Waals surface area (Å²) in [6.45, 7) is 4.09. The fourth-order valence-corrected chi connectivity index (χ4v) is 3.06. The summed E-state index contributed by atoms with van der Waals surface area (Å²) in [5.41, 5.74) is -0.429. The van der Waals surface area contributed by atoms with Gasteiger partial charge in [-0.25, -0.2) is 4.79 Å². The molecule has 1 amide bonds. The summed E-state index contributed by atoms with van der Waals surface area (Å²) >= 11 is 1.05. The molecule has 104 valence electrons. The lowest BCUT2D eigenvalue weighted by molar-refractivity contribution is -0.147. The second kappa shape index (κ2) is 5.24. The van der Waals surface area contributed by atoms with Crippen molar-refractivity contribution in [2.45, 2.75) is 45.1 Å². The van der Waals surface area contributed by atoms with Gasteiger partial charge in [0.25, 0.3) is 5.91 Å². The van der Waals surface area contributed by atoms with E-state index >= 15 is 0 Å². The average molecular weight is 283 g/mol. The molecule has 2 rings (SSSR count). The highest BCUT2D eigenvalue weighted by molar-refractivity contribution is 7.08. The Kier molecular flexibility index (Phi) is 3.84. The van der Waals surface area contributed by atoms with E-state index in [1.807, 2.05) is 6.92 Å². The third-order valence-electron chi connectivity index (χ3n) is 3.58. The van der Waals surface area contributed by atoms with E-state index in [2.05, 4.69) is 9.59 Å². The molecule has 1 fully saturated rings. The van der Waals surface area contributed by atoms with Crippen LogP contribution in [-0.4, -0.2) is 43.6 Å². The van der Waals surface area contributed by atoms with Crippen LogP contribution in [0.4, 0.5) is 0 Å². The molecule has 1 atom stereocenters. The van der Waals surface area contributed by atoms with E-state index in [4.69, 9.17) is 0 Å². The van der Waals surface area contributed by atoms with Crippen LogP contribution < -0.4 is 0 Å². The monoisotopic (exact) mass is 283 g/mol. The molecule has 1 aliphatic heterocycles. The molecule has 1 unspecified atom stereocenters. The van der Waals surface area contributed by atoms with Crippen LogP contribution in [0.2, 0.25) is 0 Å². The molecule has 1 N–H and O–H groups in total. The molecule has 19 heavy (non-hydrogen) atoms. The van der Waals surface area contributed by atoms with E-state index in [1.165, 1.54) is 4.90 Å². The molecule has 7 heteroatoms. The third kappa shape index (κ3) is 2.34. The number of rotatable bonds is 4. The Balaban J connectivity index is 2.28. The Morgan fingerprint density at radius 2 is 2.26 bits per heavy atom. The van der Waals surface area contributed by atoms with Crippen LogP contribution >= 0.6 is 11.5 Å². The number of hydrogen-bond donors (Lipinski definition) is 1. The summed E-state index contributed by atoms with van der Waals surface area (Å²) in [6.07, 6.45) is 2.77. The number of likely N-dealkylation sites (tertiary alicyclic amines) is 1. The van der Waals surface area contributed by atoms with Crippen LogP contribution in [0, 0.1) is 0 Å². The van der Waals surface area contributed by atoms with Crippen molar-refractivity contribution in [3.05, 3.63) is 10.6 Å². The van der Waals surface area contributed by atoms with Crippen LogP contribution in [0.25, 0.3) is 0 Å². The Hall–Kier alpha value is -1.50. The first-order valence-electron chi connectivity index (χ1n) is 6.37. The minimum atomic E-state index is -1.11. The Morgan fingerprint density at radius 1 is 1.53 bits per heavy atom. The van der Waals surface area contributed by atoms with Crippen LogP contribution in [0.1, 0.15) is 48.5 Å². The number of carboxylic acid groups (broad SMARTS) is 1. The highest BCUT2D eigenvalue weighted by Crippen LogP contribution is 2.31. The molecule has 1 aromatic rings. The van der Waals surface area contributed by atoms with Crippen molar-refractivity contribution >= 4 is 23.4 Å². The molecule has 0 aliphatic carbocycles. The molecule has 1 aromatic heterocycles. The summed E-state index contributed by atoms with van der Waals surface area (Å²) in [4.78, 5) is 25.8. The van der Waals surface area contributed by atoms with Gasteiger partial charge in [0, 0.05) is 6.54 Å². The molecule has 6 nitrogen and oxygen atoms in total. The maximum atomic E-state index is 12.5. The second-order valence-corrected chi connectivity index (χ2v) is 5.69. The van der Waals surface area contributed by atoms with Gasteiger partial charge in [0.2, 0.25) is 0 Å². The predicted molar refractivity (Wildman–Crippen MR) is 70.2 cm³/mol. The van der Waals surface area contributed by atoms with Gasteiger partial charge in [-0.05, 0) is 37.7 Å². The van der Waals surface area contributed by atoms with Crippen molar-refractivity contribution in [1.29, 1.82) is 0 Å². The minimum Gasteiger partial charge on any atom is -0.480 e. The summed E-state index contributed by atoms with van der Waals surface area (Å²) in [5.74, 6) is -1.20. The van der Waals surface area contributed by atoms with Gasteiger partial charge in [0.1, 0.15) is 10.4 Å². The number of nitrogens with zero attached hydrogens (tertiary/aromatic N) is 3. The molecule has 0 saturated carbocycles. The topological polar surface area (TPSA) is 83.4 Å². The van der Waals surface area contributed by atoms with Crippen LogP contribution in [0.3, 0.4) is 0 Å². The first kappa shape index (κ1) is 13.9. The van der Waals surface area contributed by atoms with E-state index in [1.54, 1.807) is 6.92 Å². The van der Waals surface area contributed by atoms with Crippen molar-refractivity contribution in [3.63, 3.8) is 0 Å². The van der Waals surface area contributed by atoms with Crippen molar-refractivity contribution in [1.82, 2.24) is 14.5 Å². The molecule has 2 heterocycles. The van der Waals surface area contributed by atoms with Gasteiger partial charge in [-0.1, -0.05) is 17.8 Å². The van der Waals surface area contributed by atoms with Gasteiger partial charge >= 0.3 is 5.97 Å². The number of hydrogen-bond acceptors (Lipinski definition) is 5. The number of carboxylic acids is 1. The highest BCUT2D eigenvalue weighted by Gasteiger charge is 2.46. The van der Waals surface area contributed by atoms with Crippen LogP contribution in [0.5, 0.6) is 0 Å². The van der Waals surface area contributed by atoms with E-state index in [-0.39, 0.29) is 5.91 Å². The quantitative estimate of drug-likeness (QED) is 0.906. The van der Waals surface area contributed by atoms with Crippen LogP contribution in [0.15, 0.2) is 0 Å². The third-order valence-corrected chi connectivity index (χ3v) is 4.34. The fraction of sp³-hybridized carbons (Fsp3) is 0.667. The lowest BCUT2D eigenvalue weighted by Crippen LogP contribution is -2.50. The minimum absolute atomic E-state index is 0.249. The number of aliphatic carboxylic acids is 1. The second-order valence-electron chi connectivity index (χ2n) is 4.94. The predicted octanol–water partition coefficient (Wildman–Crippen LogP) is 1.57. The van der Waals surface area contributed by atoms with Gasteiger partial charge < -0.3 is 10.0 Å². The average Bonchev–Trinajstić information content (AvgIpc) is 2.96. The highest BCUT2D eigenvalue weighted by atomic mass is 32.1. The zero-order valence-electron chi connectivity index (χ0n) is 11.0. The SMILES string of the molecule is CCCc1nnsc1C(=O)N1CCCC1(C)C(=O)O. The summed E-state index contributed by atoms with van der Waals surface area (Å²) in [7, 11) is 0. The van der Waals surface area contributed by atoms with Gasteiger partial charge in [0.05, 0.1) is 5.69 Å². The Morgan fingerprint density at radius 3 is 2.89 bits per heavy atom. The van der Waals surface area contributed by atoms with Crippen molar-refractivity contribution in [2.24, 2.45) is 0 Å². The summed E-state index contributed by atoms with van der Waals surface area (Å²) in [5, 5.41) is 13.3. The van der Waals surface area contributed by atoms with Gasteiger partial charge in [0.15, 0.2) is 0 Å². The van der Waals surface area contributed by atoms with Gasteiger partial charge in [-0.2, -0.15) is 0 Å². The summed E-state index contributed by atoms with van der Waals surface area (Å²) in [6, 6.07) is 0. The van der Waals surface area contributed by atoms with E-state index in [0.717, 1.165) is 18.0 Å². The molecule has 0 spiro atoms. The molecular weight excluding hydrogens is 266 g/mol. The van der Waals surface area contributed by atoms with E-state index < -0.39 is 11.5 Å². The largest absolute Gasteiger partial charge is 0.480 e. The van der Waals surface area contributed by atoms with Gasteiger partial charge in [-0.3, -0.25) is 4.79 Å². The number of carbonyl (C=O) groups is 2. The lowest BCUT2D eigenvalue weighted by atomic mass is 9.99. The number of carbonyl (C=O) groups excluding carboxylic acids is 1. The number of aromatic nitrogens is 2. The fourth-order valence-electron chi connectivity index (χ4n) is 2.41. The van der Waals surface area contributed by atoms with Crippen molar-refractivity contribution in [3.8, 4) is 0 Å². The first-order chi connectivity index (χ1) is 9.00. The maximum absolute atomic E-state index is 12.5. The zero-order chi connectivity index (χ0) is 14.0. The normalized spacial score (nSPS) is 22.7. The molecule has 1 saturated heterocycles. The summed E-state index contributed by atoms with van der Waals surface area (Å²) < 4.78 is 3.82. The van der Waals surface area contributed by atoms with Crippen LogP contribution in [-0.2, 0) is 11.2 Å². The first-order valence-corrected chi connectivity index (χ1v) is 7.14. The lowest BCUT2D eigenvalue weighted by Gasteiger charge is -2.30. The molecule has 1 aliphatic rings. The molecule has 0 radical (unpaired) electrons. The van der Waals surface area contributed by atoms with E-state index in [9.17, 15) is 14.7 Å². The Bertz CT molecular complexity index is 502. The van der Waals surface area contributed by atoms with Crippen molar-refractivity contribution < 1.29 is 14.7 Å². The zero-order valence-corrected chi connectivity index (χ0v) is 11.9. The van der Waals surface area contributed by atoms with Gasteiger partial charge in [-0.15, -0.1) is 5.10 Å². The van der Waals surface area contributed by atoms with Crippen molar-refractivity contribution in [2.75, 3.05) is 6.54 Å². The molecule has 0 aromatic carbocycles. The number of amides is 1. The standard InChI is InChI=1S/C12H17N3O3S/c1-3-5-8-9(19-14-13-8)10(16)15-7-4-6-12(15,2)11(17)18/h3-7H2,1-2H3,(H,17,18). The smallest absolute Gasteiger partial charge is 0.329 e. The van der Waals surface area contributed by atoms with E-state index in [0.29, 0.717) is 36.4 Å². The maximum Gasteiger partial charge on any atom is 0.329 e. The molecule has 0 bridgehead atoms.